The van der Waals surface area contributed by atoms with Crippen molar-refractivity contribution in [3.8, 4) is 17.1 Å². The molecule has 1 aromatic heterocycles. The number of hydrogen-bond acceptors (Lipinski definition) is 10. The van der Waals surface area contributed by atoms with Crippen molar-refractivity contribution in [1.29, 1.82) is 0 Å². The van der Waals surface area contributed by atoms with Gasteiger partial charge in [-0.3, -0.25) is 14.4 Å². The van der Waals surface area contributed by atoms with Gasteiger partial charge in [-0.2, -0.15) is 0 Å². The van der Waals surface area contributed by atoms with E-state index in [1.807, 2.05) is 42.5 Å². The van der Waals surface area contributed by atoms with E-state index in [1.54, 1.807) is 24.4 Å². The summed E-state index contributed by atoms with van der Waals surface area (Å²) < 4.78 is 27.9. The predicted molar refractivity (Wildman–Crippen MR) is 214 cm³/mol. The molecule has 0 aliphatic heterocycles. The van der Waals surface area contributed by atoms with Crippen LogP contribution in [0.15, 0.2) is 79.0 Å². The summed E-state index contributed by atoms with van der Waals surface area (Å²) in [7, 11) is 0. The lowest BCUT2D eigenvalue weighted by atomic mass is 9.87. The van der Waals surface area contributed by atoms with Crippen molar-refractivity contribution < 1.29 is 43.2 Å². The zero-order valence-electron chi connectivity index (χ0n) is 32.3. The summed E-state index contributed by atoms with van der Waals surface area (Å²) in [6.45, 7) is 3.83. The van der Waals surface area contributed by atoms with E-state index in [-0.39, 0.29) is 36.6 Å². The Morgan fingerprint density at radius 3 is 2.30 bits per heavy atom. The number of hydrogen-bond donors (Lipinski definition) is 3. The van der Waals surface area contributed by atoms with Crippen LogP contribution in [0.1, 0.15) is 82.1 Å². The molecule has 6 rings (SSSR count). The van der Waals surface area contributed by atoms with Gasteiger partial charge in [-0.1, -0.05) is 36.4 Å². The summed E-state index contributed by atoms with van der Waals surface area (Å²) in [6.07, 6.45) is 8.23. The van der Waals surface area contributed by atoms with Gasteiger partial charge in [0, 0.05) is 23.9 Å². The largest absolute Gasteiger partial charge is 0.493 e. The molecule has 57 heavy (non-hydrogen) atoms. The molecular formula is C44H52N4O9. The van der Waals surface area contributed by atoms with Gasteiger partial charge in [0.25, 0.3) is 11.8 Å². The molecule has 2 aliphatic carbocycles. The molecule has 1 atom stereocenters. The normalized spacial score (nSPS) is 14.8. The third-order valence-corrected chi connectivity index (χ3v) is 9.75. The Morgan fingerprint density at radius 2 is 1.53 bits per heavy atom. The summed E-state index contributed by atoms with van der Waals surface area (Å²) in [5.74, 6) is 0.0681. The number of amides is 2. The number of nitrogens with zero attached hydrogens (tertiary/aromatic N) is 2. The van der Waals surface area contributed by atoms with Crippen molar-refractivity contribution in [1.82, 2.24) is 15.3 Å². The van der Waals surface area contributed by atoms with Crippen LogP contribution >= 0.6 is 0 Å². The number of carbonyl (C=O) groups excluding carboxylic acids is 2. The molecule has 1 saturated carbocycles. The average Bonchev–Trinajstić information content (AvgIpc) is 4.07. The number of fused-ring (bicyclic) bond motifs is 1. The zero-order chi connectivity index (χ0) is 39.7. The van der Waals surface area contributed by atoms with Crippen LogP contribution < -0.4 is 15.4 Å². The molecule has 3 N–H and O–H groups in total. The number of ether oxygens (including phenoxy) is 5. The molecule has 1 fully saturated rings. The quantitative estimate of drug-likeness (QED) is 0.0668. The van der Waals surface area contributed by atoms with Gasteiger partial charge in [0.2, 0.25) is 0 Å². The highest BCUT2D eigenvalue weighted by atomic mass is 16.6. The molecule has 13 heteroatoms. The molecule has 2 amide bonds. The van der Waals surface area contributed by atoms with Gasteiger partial charge in [0.05, 0.1) is 71.0 Å². The fourth-order valence-corrected chi connectivity index (χ4v) is 6.52. The Kier molecular flexibility index (Phi) is 15.9. The van der Waals surface area contributed by atoms with Crippen LogP contribution in [0, 0.1) is 5.92 Å². The molecular weight excluding hydrogens is 729 g/mol. The highest BCUT2D eigenvalue weighted by molar-refractivity contribution is 6.06. The van der Waals surface area contributed by atoms with Crippen molar-refractivity contribution in [2.45, 2.75) is 57.4 Å². The summed E-state index contributed by atoms with van der Waals surface area (Å²) >= 11 is 0. The number of anilines is 1. The van der Waals surface area contributed by atoms with Gasteiger partial charge in [0.1, 0.15) is 11.4 Å². The summed E-state index contributed by atoms with van der Waals surface area (Å²) in [5.41, 5.74) is 5.23. The van der Waals surface area contributed by atoms with Crippen molar-refractivity contribution in [2.24, 2.45) is 5.92 Å². The smallest absolute Gasteiger partial charge is 0.305 e. The minimum absolute atomic E-state index is 0.0191. The third kappa shape index (κ3) is 13.5. The van der Waals surface area contributed by atoms with Crippen LogP contribution in [0.5, 0.6) is 5.75 Å². The first kappa shape index (κ1) is 41.4. The second-order valence-corrected chi connectivity index (χ2v) is 14.2. The standard InChI is InChI=1S/C44H52N4O9/c49-41(50)18-21-54-23-25-56-27-26-55-24-22-53-20-5-7-31-6-3-10-34(28-31)43(51)47-39-16-15-35(57-30-32-13-14-32)29-37(39)42-45-19-17-40(46-42)44(52)48-38-12-4-9-33-8-1-2-11-36(33)38/h1-3,6,8,10-11,15-17,19,28-29,32,38H,4-5,7,9,12-14,18,20-27,30H2,(H,47,51)(H,48,52)(H,49,50)/t38-/m0/s1. The summed E-state index contributed by atoms with van der Waals surface area (Å²) in [6, 6.07) is 22.7. The van der Waals surface area contributed by atoms with Crippen LogP contribution in [0.25, 0.3) is 11.4 Å². The third-order valence-electron chi connectivity index (χ3n) is 9.75. The van der Waals surface area contributed by atoms with Crippen molar-refractivity contribution in [3.05, 3.63) is 107 Å². The van der Waals surface area contributed by atoms with E-state index in [2.05, 4.69) is 32.7 Å². The maximum atomic E-state index is 13.7. The number of carboxylic acids is 1. The van der Waals surface area contributed by atoms with Gasteiger partial charge in [-0.15, -0.1) is 0 Å². The Hall–Kier alpha value is -5.21. The van der Waals surface area contributed by atoms with E-state index >= 15 is 0 Å². The van der Waals surface area contributed by atoms with E-state index in [0.29, 0.717) is 87.2 Å². The van der Waals surface area contributed by atoms with E-state index in [9.17, 15) is 14.4 Å². The second kappa shape index (κ2) is 21.9. The predicted octanol–water partition coefficient (Wildman–Crippen LogP) is 6.47. The van der Waals surface area contributed by atoms with Crippen molar-refractivity contribution in [2.75, 3.05) is 64.8 Å². The number of rotatable bonds is 24. The van der Waals surface area contributed by atoms with E-state index in [0.717, 1.165) is 56.1 Å². The molecule has 0 unspecified atom stereocenters. The minimum atomic E-state index is -0.885. The zero-order valence-corrected chi connectivity index (χ0v) is 32.3. The number of benzene rings is 3. The fraction of sp³-hybridized carbons (Fsp3) is 0.432. The molecule has 4 aromatic rings. The van der Waals surface area contributed by atoms with Crippen LogP contribution in [0.2, 0.25) is 0 Å². The minimum Gasteiger partial charge on any atom is -0.493 e. The van der Waals surface area contributed by atoms with E-state index < -0.39 is 5.97 Å². The average molecular weight is 781 g/mol. The lowest BCUT2D eigenvalue weighted by Gasteiger charge is -2.26. The number of aromatic nitrogens is 2. The number of aliphatic carboxylic acids is 1. The summed E-state index contributed by atoms with van der Waals surface area (Å²) in [4.78, 5) is 46.9. The lowest BCUT2D eigenvalue weighted by Crippen LogP contribution is -2.31. The molecule has 3 aromatic carbocycles. The molecule has 0 bridgehead atoms. The Balaban J connectivity index is 0.995. The maximum Gasteiger partial charge on any atom is 0.305 e. The van der Waals surface area contributed by atoms with Gasteiger partial charge < -0.3 is 39.4 Å². The monoisotopic (exact) mass is 780 g/mol. The van der Waals surface area contributed by atoms with E-state index in [1.165, 1.54) is 5.56 Å². The van der Waals surface area contributed by atoms with Gasteiger partial charge >= 0.3 is 5.97 Å². The van der Waals surface area contributed by atoms with Gasteiger partial charge in [-0.25, -0.2) is 9.97 Å². The first-order valence-electron chi connectivity index (χ1n) is 19.8. The van der Waals surface area contributed by atoms with Gasteiger partial charge in [-0.05, 0) is 104 Å². The second-order valence-electron chi connectivity index (χ2n) is 14.2. The molecule has 0 radical (unpaired) electrons. The topological polar surface area (TPSA) is 167 Å². The van der Waals surface area contributed by atoms with E-state index in [4.69, 9.17) is 28.8 Å². The number of carbonyl (C=O) groups is 3. The highest BCUT2D eigenvalue weighted by Crippen LogP contribution is 2.34. The van der Waals surface area contributed by atoms with Crippen molar-refractivity contribution >= 4 is 23.5 Å². The molecule has 1 heterocycles. The SMILES string of the molecule is O=C(O)CCOCCOCCOCCOCCCc1cccc(C(=O)Nc2ccc(OCC3CC3)cc2-c2nccc(C(=O)N[C@H]3CCCc4ccccc43)n2)c1. The van der Waals surface area contributed by atoms with Crippen LogP contribution in [0.3, 0.4) is 0 Å². The molecule has 13 nitrogen and oxygen atoms in total. The Labute approximate surface area is 333 Å². The molecule has 0 saturated heterocycles. The molecule has 2 aliphatic rings. The fourth-order valence-electron chi connectivity index (χ4n) is 6.52. The van der Waals surface area contributed by atoms with Crippen LogP contribution in [0.4, 0.5) is 5.69 Å². The first-order valence-corrected chi connectivity index (χ1v) is 19.8. The lowest BCUT2D eigenvalue weighted by molar-refractivity contribution is -0.138. The Morgan fingerprint density at radius 1 is 0.772 bits per heavy atom. The Bertz CT molecular complexity index is 1940. The summed E-state index contributed by atoms with van der Waals surface area (Å²) in [5, 5.41) is 14.8. The van der Waals surface area contributed by atoms with Gasteiger partial charge in [0.15, 0.2) is 5.82 Å². The number of nitrogens with one attached hydrogen (secondary N) is 2. The van der Waals surface area contributed by atoms with Crippen molar-refractivity contribution in [3.63, 3.8) is 0 Å². The molecule has 302 valence electrons. The first-order chi connectivity index (χ1) is 27.9. The van der Waals surface area contributed by atoms with Crippen LogP contribution in [-0.2, 0) is 36.6 Å². The number of carboxylic acid groups (broad SMARTS) is 1. The number of aryl methyl sites for hydroxylation is 2. The molecule has 0 spiro atoms. The highest BCUT2D eigenvalue weighted by Gasteiger charge is 2.24. The van der Waals surface area contributed by atoms with Crippen LogP contribution in [-0.4, -0.2) is 92.3 Å². The maximum absolute atomic E-state index is 13.7.